The molecule has 1 aliphatic rings. The number of guanidine groups is 1. The van der Waals surface area contributed by atoms with Crippen LogP contribution in [0.3, 0.4) is 0 Å². The van der Waals surface area contributed by atoms with Crippen LogP contribution in [0.4, 0.5) is 0 Å². The molecule has 4 nitrogen and oxygen atoms in total. The van der Waals surface area contributed by atoms with Gasteiger partial charge in [0.05, 0.1) is 6.54 Å². The average molecular weight is 377 g/mol. The van der Waals surface area contributed by atoms with Crippen LogP contribution in [0.25, 0.3) is 0 Å². The van der Waals surface area contributed by atoms with Crippen molar-refractivity contribution in [2.75, 3.05) is 19.8 Å². The molecule has 0 heterocycles. The van der Waals surface area contributed by atoms with Crippen LogP contribution in [0.5, 0.6) is 0 Å². The molecule has 1 aromatic rings. The van der Waals surface area contributed by atoms with Gasteiger partial charge in [-0.3, -0.25) is 4.90 Å². The van der Waals surface area contributed by atoms with Gasteiger partial charge in [0.2, 0.25) is 0 Å². The molecular formula is C21H36N4S. The maximum absolute atomic E-state index is 4.88. The van der Waals surface area contributed by atoms with Crippen molar-refractivity contribution in [1.29, 1.82) is 0 Å². The van der Waals surface area contributed by atoms with Gasteiger partial charge in [-0.25, -0.2) is 4.99 Å². The van der Waals surface area contributed by atoms with Crippen molar-refractivity contribution in [2.24, 2.45) is 4.99 Å². The maximum atomic E-state index is 4.88. The molecule has 2 rings (SSSR count). The van der Waals surface area contributed by atoms with Crippen molar-refractivity contribution in [1.82, 2.24) is 15.5 Å². The van der Waals surface area contributed by atoms with E-state index >= 15 is 0 Å². The Morgan fingerprint density at radius 2 is 2.00 bits per heavy atom. The topological polar surface area (TPSA) is 39.7 Å². The Hall–Kier alpha value is -1.20. The minimum atomic E-state index is 0.539. The zero-order valence-electron chi connectivity index (χ0n) is 17.1. The summed E-state index contributed by atoms with van der Waals surface area (Å²) >= 11 is 1.99. The Morgan fingerprint density at radius 3 is 2.62 bits per heavy atom. The van der Waals surface area contributed by atoms with Gasteiger partial charge in [0.25, 0.3) is 0 Å². The van der Waals surface area contributed by atoms with Gasteiger partial charge in [0, 0.05) is 30.4 Å². The first-order valence-electron chi connectivity index (χ1n) is 9.88. The van der Waals surface area contributed by atoms with Crippen LogP contribution in [0.1, 0.15) is 51.2 Å². The van der Waals surface area contributed by atoms with Gasteiger partial charge in [-0.1, -0.05) is 24.3 Å². The van der Waals surface area contributed by atoms with Gasteiger partial charge in [-0.05, 0) is 64.5 Å². The third kappa shape index (κ3) is 6.51. The predicted molar refractivity (Wildman–Crippen MR) is 116 cm³/mol. The number of thioether (sulfide) groups is 1. The monoisotopic (exact) mass is 376 g/mol. The van der Waals surface area contributed by atoms with E-state index in [1.54, 1.807) is 0 Å². The number of aliphatic imine (C=N–C) groups is 1. The summed E-state index contributed by atoms with van der Waals surface area (Å²) in [6.45, 7) is 9.17. The first kappa shape index (κ1) is 21.1. The van der Waals surface area contributed by atoms with Crippen LogP contribution in [0, 0.1) is 0 Å². The van der Waals surface area contributed by atoms with Crippen molar-refractivity contribution < 1.29 is 0 Å². The smallest absolute Gasteiger partial charge is 0.191 e. The molecule has 0 radical (unpaired) electrons. The molecule has 26 heavy (non-hydrogen) atoms. The van der Waals surface area contributed by atoms with Crippen molar-refractivity contribution in [3.63, 3.8) is 0 Å². The highest BCUT2D eigenvalue weighted by Crippen LogP contribution is 2.28. The second kappa shape index (κ2) is 10.8. The van der Waals surface area contributed by atoms with E-state index < -0.39 is 0 Å². The summed E-state index contributed by atoms with van der Waals surface area (Å²) in [6.07, 6.45) is 6.01. The van der Waals surface area contributed by atoms with Crippen LogP contribution >= 0.6 is 11.8 Å². The number of rotatable bonds is 8. The van der Waals surface area contributed by atoms with Gasteiger partial charge in [0.1, 0.15) is 0 Å². The molecular weight excluding hydrogens is 340 g/mol. The summed E-state index contributed by atoms with van der Waals surface area (Å²) in [6, 6.07) is 9.76. The lowest BCUT2D eigenvalue weighted by Gasteiger charge is -2.22. The minimum Gasteiger partial charge on any atom is -0.357 e. The van der Waals surface area contributed by atoms with E-state index in [4.69, 9.17) is 4.99 Å². The summed E-state index contributed by atoms with van der Waals surface area (Å²) in [4.78, 5) is 7.25. The molecule has 2 atom stereocenters. The number of benzene rings is 1. The predicted octanol–water partition coefficient (Wildman–Crippen LogP) is 3.87. The molecule has 5 heteroatoms. The van der Waals surface area contributed by atoms with E-state index in [0.29, 0.717) is 12.1 Å². The Kier molecular flexibility index (Phi) is 8.79. The molecule has 0 aromatic heterocycles. The standard InChI is InChI=1S/C21H36N4S/c1-6-22-21(24-19-11-12-20(13-19)26-5)23-14-17-9-7-8-10-18(17)15-25(4)16(2)3/h7-10,16,19-20H,6,11-15H2,1-5H3,(H2,22,23,24). The second-order valence-electron chi connectivity index (χ2n) is 7.48. The van der Waals surface area contributed by atoms with Crippen molar-refractivity contribution in [3.05, 3.63) is 35.4 Å². The number of nitrogens with zero attached hydrogens (tertiary/aromatic N) is 2. The fourth-order valence-corrected chi connectivity index (χ4v) is 4.08. The van der Waals surface area contributed by atoms with Gasteiger partial charge in [-0.2, -0.15) is 11.8 Å². The zero-order chi connectivity index (χ0) is 18.9. The molecule has 1 saturated carbocycles. The minimum absolute atomic E-state index is 0.539. The fraction of sp³-hybridized carbons (Fsp3) is 0.667. The maximum Gasteiger partial charge on any atom is 0.191 e. The molecule has 0 aliphatic heterocycles. The van der Waals surface area contributed by atoms with Crippen molar-refractivity contribution in [3.8, 4) is 0 Å². The van der Waals surface area contributed by atoms with E-state index in [-0.39, 0.29) is 0 Å². The van der Waals surface area contributed by atoms with E-state index in [1.165, 1.54) is 30.4 Å². The van der Waals surface area contributed by atoms with Crippen LogP contribution in [-0.4, -0.2) is 48.0 Å². The van der Waals surface area contributed by atoms with Crippen molar-refractivity contribution >= 4 is 17.7 Å². The van der Waals surface area contributed by atoms with E-state index in [2.05, 4.69) is 73.9 Å². The number of hydrogen-bond acceptors (Lipinski definition) is 3. The summed E-state index contributed by atoms with van der Waals surface area (Å²) < 4.78 is 0. The van der Waals surface area contributed by atoms with E-state index in [9.17, 15) is 0 Å². The molecule has 0 amide bonds. The van der Waals surface area contributed by atoms with Crippen LogP contribution < -0.4 is 10.6 Å². The lowest BCUT2D eigenvalue weighted by Crippen LogP contribution is -2.42. The second-order valence-corrected chi connectivity index (χ2v) is 8.62. The zero-order valence-corrected chi connectivity index (χ0v) is 17.9. The molecule has 1 fully saturated rings. The summed E-state index contributed by atoms with van der Waals surface area (Å²) in [5.74, 6) is 0.950. The van der Waals surface area contributed by atoms with E-state index in [1.807, 2.05) is 11.8 Å². The fourth-order valence-electron chi connectivity index (χ4n) is 3.28. The van der Waals surface area contributed by atoms with Gasteiger partial charge < -0.3 is 10.6 Å². The summed E-state index contributed by atoms with van der Waals surface area (Å²) in [5.41, 5.74) is 2.68. The third-order valence-electron chi connectivity index (χ3n) is 5.23. The number of nitrogens with one attached hydrogen (secondary N) is 2. The molecule has 146 valence electrons. The largest absolute Gasteiger partial charge is 0.357 e. The SMILES string of the molecule is CCNC(=NCc1ccccc1CN(C)C(C)C)NC1CCC(SC)C1. The Labute approximate surface area is 164 Å². The van der Waals surface area contributed by atoms with Crippen LogP contribution in [-0.2, 0) is 13.1 Å². The third-order valence-corrected chi connectivity index (χ3v) is 6.32. The lowest BCUT2D eigenvalue weighted by molar-refractivity contribution is 0.265. The highest BCUT2D eigenvalue weighted by atomic mass is 32.2. The van der Waals surface area contributed by atoms with Gasteiger partial charge in [-0.15, -0.1) is 0 Å². The normalized spacial score (nSPS) is 20.8. The summed E-state index contributed by atoms with van der Waals surface area (Å²) in [5, 5.41) is 7.85. The average Bonchev–Trinajstić information content (AvgIpc) is 3.08. The first-order valence-corrected chi connectivity index (χ1v) is 11.2. The Morgan fingerprint density at radius 1 is 1.27 bits per heavy atom. The molecule has 2 unspecified atom stereocenters. The quantitative estimate of drug-likeness (QED) is 0.534. The first-order chi connectivity index (χ1) is 12.5. The molecule has 2 N–H and O–H groups in total. The molecule has 0 saturated heterocycles. The van der Waals surface area contributed by atoms with Gasteiger partial charge in [0.15, 0.2) is 5.96 Å². The summed E-state index contributed by atoms with van der Waals surface area (Å²) in [7, 11) is 2.18. The number of hydrogen-bond donors (Lipinski definition) is 2. The van der Waals surface area contributed by atoms with Crippen LogP contribution in [0.15, 0.2) is 29.3 Å². The Bertz CT molecular complexity index is 573. The molecule has 0 spiro atoms. The molecule has 1 aromatic carbocycles. The molecule has 1 aliphatic carbocycles. The highest BCUT2D eigenvalue weighted by Gasteiger charge is 2.24. The van der Waals surface area contributed by atoms with Crippen molar-refractivity contribution in [2.45, 2.75) is 70.5 Å². The highest BCUT2D eigenvalue weighted by molar-refractivity contribution is 7.99. The van der Waals surface area contributed by atoms with Gasteiger partial charge >= 0.3 is 0 Å². The lowest BCUT2D eigenvalue weighted by atomic mass is 10.1. The van der Waals surface area contributed by atoms with Crippen LogP contribution in [0.2, 0.25) is 0 Å². The molecule has 0 bridgehead atoms. The van der Waals surface area contributed by atoms with E-state index in [0.717, 1.165) is 30.8 Å². The Balaban J connectivity index is 2.02.